The third kappa shape index (κ3) is 3.86. The highest BCUT2D eigenvalue weighted by Crippen LogP contribution is 2.60. The van der Waals surface area contributed by atoms with Crippen molar-refractivity contribution in [2.24, 2.45) is 0 Å². The van der Waals surface area contributed by atoms with Crippen molar-refractivity contribution in [3.63, 3.8) is 0 Å². The Labute approximate surface area is 153 Å². The van der Waals surface area contributed by atoms with Gasteiger partial charge in [-0.05, 0) is 24.1 Å². The van der Waals surface area contributed by atoms with Crippen LogP contribution in [0.1, 0.15) is 12.0 Å². The van der Waals surface area contributed by atoms with E-state index in [1.807, 2.05) is 0 Å². The quantitative estimate of drug-likeness (QED) is 0.386. The minimum Gasteiger partial charge on any atom is -0.200 e. The summed E-state index contributed by atoms with van der Waals surface area (Å²) < 4.78 is 168. The van der Waals surface area contributed by atoms with E-state index in [-0.39, 0.29) is 10.6 Å². The number of halogens is 14. The van der Waals surface area contributed by atoms with Gasteiger partial charge in [0.05, 0.1) is 0 Å². The third-order valence-electron chi connectivity index (χ3n) is 3.64. The Morgan fingerprint density at radius 1 is 0.571 bits per heavy atom. The first-order chi connectivity index (χ1) is 12.2. The molecule has 0 saturated carbocycles. The lowest BCUT2D eigenvalue weighted by Crippen LogP contribution is -2.70. The van der Waals surface area contributed by atoms with E-state index in [2.05, 4.69) is 0 Å². The average Bonchev–Trinajstić information content (AvgIpc) is 2.52. The molecule has 0 aliphatic heterocycles. The minimum atomic E-state index is -7.87. The molecule has 0 aliphatic rings. The summed E-state index contributed by atoms with van der Waals surface area (Å²) in [7, 11) is 0. The molecule has 14 heteroatoms. The molecule has 0 spiro atoms. The Morgan fingerprint density at radius 3 is 1.36 bits per heavy atom. The molecule has 1 aromatic carbocycles. The van der Waals surface area contributed by atoms with Crippen molar-refractivity contribution in [3.05, 3.63) is 34.9 Å². The maximum atomic E-state index is 13.6. The molecule has 1 rings (SSSR count). The van der Waals surface area contributed by atoms with Crippen molar-refractivity contribution in [2.75, 3.05) is 0 Å². The van der Waals surface area contributed by atoms with Crippen LogP contribution in [0.25, 0.3) is 0 Å². The van der Waals surface area contributed by atoms with Crippen LogP contribution in [0.4, 0.5) is 57.1 Å². The molecule has 0 unspecified atom stereocenters. The summed E-state index contributed by atoms with van der Waals surface area (Å²) in [6, 6.07) is 4.14. The Bertz CT molecular complexity index is 675. The van der Waals surface area contributed by atoms with E-state index in [0.29, 0.717) is 0 Å². The van der Waals surface area contributed by atoms with Crippen LogP contribution in [0.3, 0.4) is 0 Å². The first-order valence-electron chi connectivity index (χ1n) is 6.92. The van der Waals surface area contributed by atoms with Gasteiger partial charge in [-0.1, -0.05) is 23.7 Å². The minimum absolute atomic E-state index is 0.0707. The van der Waals surface area contributed by atoms with E-state index in [0.717, 1.165) is 24.3 Å². The molecule has 0 aliphatic carbocycles. The van der Waals surface area contributed by atoms with Crippen molar-refractivity contribution < 1.29 is 57.1 Å². The summed E-state index contributed by atoms with van der Waals surface area (Å²) in [5.74, 6) is -36.6. The standard InChI is InChI=1S/C14H8ClF13/c15-8-3-1-7(2-4-8)5-6-9(16,17)10(18,19)11(20,21)12(22,23)13(24,25)14(26,27)28/h1-4H,5-6H2. The fraction of sp³-hybridized carbons (Fsp3) is 0.571. The van der Waals surface area contributed by atoms with E-state index in [9.17, 15) is 57.1 Å². The Balaban J connectivity index is 3.23. The molecule has 0 bridgehead atoms. The van der Waals surface area contributed by atoms with Crippen molar-refractivity contribution in [2.45, 2.75) is 48.6 Å². The van der Waals surface area contributed by atoms with Gasteiger partial charge in [0, 0.05) is 11.4 Å². The fourth-order valence-corrected chi connectivity index (χ4v) is 2.04. The van der Waals surface area contributed by atoms with E-state index < -0.39 is 48.6 Å². The Hall–Kier alpha value is -1.40. The smallest absolute Gasteiger partial charge is 0.200 e. The number of hydrogen-bond acceptors (Lipinski definition) is 0. The van der Waals surface area contributed by atoms with Gasteiger partial charge in [-0.25, -0.2) is 0 Å². The molecular weight excluding hydrogens is 451 g/mol. The van der Waals surface area contributed by atoms with Gasteiger partial charge in [0.1, 0.15) is 0 Å². The summed E-state index contributed by atoms with van der Waals surface area (Å²) in [6.07, 6.45) is -10.8. The fourth-order valence-electron chi connectivity index (χ4n) is 1.91. The molecule has 162 valence electrons. The largest absolute Gasteiger partial charge is 0.460 e. The number of aryl methyl sites for hydroxylation is 1. The van der Waals surface area contributed by atoms with E-state index in [1.54, 1.807) is 0 Å². The van der Waals surface area contributed by atoms with Crippen molar-refractivity contribution in [1.82, 2.24) is 0 Å². The maximum absolute atomic E-state index is 13.6. The monoisotopic (exact) mass is 458 g/mol. The number of rotatable bonds is 7. The lowest BCUT2D eigenvalue weighted by atomic mass is 9.91. The number of hydrogen-bond donors (Lipinski definition) is 0. The molecule has 0 N–H and O–H groups in total. The zero-order chi connectivity index (χ0) is 22.4. The Morgan fingerprint density at radius 2 is 0.964 bits per heavy atom. The van der Waals surface area contributed by atoms with Crippen LogP contribution in [0.15, 0.2) is 24.3 Å². The van der Waals surface area contributed by atoms with Crippen LogP contribution in [-0.4, -0.2) is 35.8 Å². The van der Waals surface area contributed by atoms with Gasteiger partial charge in [-0.2, -0.15) is 57.1 Å². The van der Waals surface area contributed by atoms with Crippen LogP contribution >= 0.6 is 11.6 Å². The lowest BCUT2D eigenvalue weighted by Gasteiger charge is -2.39. The molecule has 0 nitrogen and oxygen atoms in total. The first-order valence-corrected chi connectivity index (χ1v) is 7.30. The topological polar surface area (TPSA) is 0 Å². The van der Waals surface area contributed by atoms with Crippen LogP contribution in [0, 0.1) is 0 Å². The normalized spacial score (nSPS) is 15.1. The molecule has 28 heavy (non-hydrogen) atoms. The highest BCUT2D eigenvalue weighted by Gasteiger charge is 2.90. The number of benzene rings is 1. The van der Waals surface area contributed by atoms with Crippen LogP contribution in [0.5, 0.6) is 0 Å². The van der Waals surface area contributed by atoms with Gasteiger partial charge < -0.3 is 0 Å². The second-order valence-corrected chi connectivity index (χ2v) is 6.06. The summed E-state index contributed by atoms with van der Waals surface area (Å²) in [5.41, 5.74) is -0.199. The summed E-state index contributed by atoms with van der Waals surface area (Å²) >= 11 is 5.45. The zero-order valence-corrected chi connectivity index (χ0v) is 13.8. The molecular formula is C14H8ClF13. The van der Waals surface area contributed by atoms with E-state index >= 15 is 0 Å². The molecule has 0 heterocycles. The lowest BCUT2D eigenvalue weighted by molar-refractivity contribution is -0.440. The third-order valence-corrected chi connectivity index (χ3v) is 3.89. The zero-order valence-electron chi connectivity index (χ0n) is 13.0. The highest BCUT2D eigenvalue weighted by molar-refractivity contribution is 6.30. The van der Waals surface area contributed by atoms with Gasteiger partial charge in [-0.15, -0.1) is 0 Å². The van der Waals surface area contributed by atoms with Crippen LogP contribution in [-0.2, 0) is 6.42 Å². The van der Waals surface area contributed by atoms with Crippen molar-refractivity contribution in [1.29, 1.82) is 0 Å². The second-order valence-electron chi connectivity index (χ2n) is 5.63. The molecule has 0 atom stereocenters. The van der Waals surface area contributed by atoms with Gasteiger partial charge in [-0.3, -0.25) is 0 Å². The van der Waals surface area contributed by atoms with Crippen molar-refractivity contribution in [3.8, 4) is 0 Å². The highest BCUT2D eigenvalue weighted by atomic mass is 35.5. The summed E-state index contributed by atoms with van der Waals surface area (Å²) in [5, 5.41) is 0.0707. The van der Waals surface area contributed by atoms with Crippen LogP contribution < -0.4 is 0 Å². The molecule has 0 aromatic heterocycles. The van der Waals surface area contributed by atoms with Gasteiger partial charge in [0.15, 0.2) is 0 Å². The molecule has 0 radical (unpaired) electrons. The van der Waals surface area contributed by atoms with Gasteiger partial charge in [0.25, 0.3) is 0 Å². The summed E-state index contributed by atoms with van der Waals surface area (Å²) in [6.45, 7) is 0. The average molecular weight is 459 g/mol. The van der Waals surface area contributed by atoms with E-state index in [1.165, 1.54) is 0 Å². The Kier molecular flexibility index (Phi) is 6.28. The molecule has 0 amide bonds. The molecule has 1 aromatic rings. The predicted octanol–water partition coefficient (Wildman–Crippen LogP) is 7.01. The van der Waals surface area contributed by atoms with Gasteiger partial charge in [0.2, 0.25) is 0 Å². The summed E-state index contributed by atoms with van der Waals surface area (Å²) in [4.78, 5) is 0. The predicted molar refractivity (Wildman–Crippen MR) is 70.6 cm³/mol. The van der Waals surface area contributed by atoms with Crippen molar-refractivity contribution >= 4 is 11.6 Å². The molecule has 0 fully saturated rings. The van der Waals surface area contributed by atoms with Gasteiger partial charge >= 0.3 is 35.8 Å². The second kappa shape index (κ2) is 7.13. The SMILES string of the molecule is FC(F)(F)C(F)(F)C(F)(F)C(F)(F)C(F)(F)C(F)(F)CCc1ccc(Cl)cc1. The maximum Gasteiger partial charge on any atom is 0.460 e. The number of alkyl halides is 13. The first kappa shape index (κ1) is 24.6. The van der Waals surface area contributed by atoms with Crippen LogP contribution in [0.2, 0.25) is 5.02 Å². The molecule has 0 saturated heterocycles. The van der Waals surface area contributed by atoms with E-state index in [4.69, 9.17) is 11.6 Å².